The minimum atomic E-state index is 0.240. The van der Waals surface area contributed by atoms with Gasteiger partial charge in [0, 0.05) is 17.2 Å². The van der Waals surface area contributed by atoms with Gasteiger partial charge in [-0.05, 0) is 43.1 Å². The molecule has 0 amide bonds. The first-order valence-corrected chi connectivity index (χ1v) is 6.80. The number of hydrogen-bond donors (Lipinski definition) is 2. The second-order valence-corrected chi connectivity index (χ2v) is 5.01. The SMILES string of the molecule is CCCNCc1ccc(SCCO)cc1C. The minimum Gasteiger partial charge on any atom is -0.396 e. The molecule has 3 heteroatoms. The molecule has 0 radical (unpaired) electrons. The van der Waals surface area contributed by atoms with E-state index >= 15 is 0 Å². The van der Waals surface area contributed by atoms with Crippen LogP contribution in [0.1, 0.15) is 24.5 Å². The Hall–Kier alpha value is -0.510. The van der Waals surface area contributed by atoms with Crippen molar-refractivity contribution in [3.05, 3.63) is 29.3 Å². The summed E-state index contributed by atoms with van der Waals surface area (Å²) in [6.45, 7) is 6.58. The molecule has 2 nitrogen and oxygen atoms in total. The van der Waals surface area contributed by atoms with Crippen LogP contribution in [0.25, 0.3) is 0 Å². The van der Waals surface area contributed by atoms with Crippen molar-refractivity contribution in [3.63, 3.8) is 0 Å². The third-order valence-corrected chi connectivity index (χ3v) is 3.39. The Morgan fingerprint density at radius 2 is 2.19 bits per heavy atom. The van der Waals surface area contributed by atoms with Crippen molar-refractivity contribution in [2.45, 2.75) is 31.7 Å². The van der Waals surface area contributed by atoms with E-state index < -0.39 is 0 Å². The van der Waals surface area contributed by atoms with Crippen molar-refractivity contribution in [2.75, 3.05) is 18.9 Å². The van der Waals surface area contributed by atoms with Crippen molar-refractivity contribution in [1.82, 2.24) is 5.32 Å². The van der Waals surface area contributed by atoms with Gasteiger partial charge in [-0.3, -0.25) is 0 Å². The summed E-state index contributed by atoms with van der Waals surface area (Å²) in [7, 11) is 0. The van der Waals surface area contributed by atoms with Crippen molar-refractivity contribution in [3.8, 4) is 0 Å². The van der Waals surface area contributed by atoms with Crippen LogP contribution < -0.4 is 5.32 Å². The molecule has 0 aromatic heterocycles. The highest BCUT2D eigenvalue weighted by molar-refractivity contribution is 7.99. The van der Waals surface area contributed by atoms with E-state index in [-0.39, 0.29) is 6.61 Å². The number of benzene rings is 1. The van der Waals surface area contributed by atoms with Gasteiger partial charge >= 0.3 is 0 Å². The molecule has 0 atom stereocenters. The maximum Gasteiger partial charge on any atom is 0.0525 e. The van der Waals surface area contributed by atoms with Crippen LogP contribution in [0.2, 0.25) is 0 Å². The number of aliphatic hydroxyl groups excluding tert-OH is 1. The van der Waals surface area contributed by atoms with Crippen LogP contribution in [0.15, 0.2) is 23.1 Å². The van der Waals surface area contributed by atoms with Gasteiger partial charge in [-0.25, -0.2) is 0 Å². The molecule has 0 heterocycles. The largest absolute Gasteiger partial charge is 0.396 e. The summed E-state index contributed by atoms with van der Waals surface area (Å²) in [4.78, 5) is 1.24. The average Bonchev–Trinajstić information content (AvgIpc) is 2.29. The number of aliphatic hydroxyl groups is 1. The summed E-state index contributed by atoms with van der Waals surface area (Å²) in [5, 5.41) is 12.2. The van der Waals surface area contributed by atoms with Gasteiger partial charge in [0.25, 0.3) is 0 Å². The highest BCUT2D eigenvalue weighted by Gasteiger charge is 2.00. The van der Waals surface area contributed by atoms with Crippen LogP contribution >= 0.6 is 11.8 Å². The summed E-state index contributed by atoms with van der Waals surface area (Å²) in [6.07, 6.45) is 1.17. The normalized spacial score (nSPS) is 10.7. The van der Waals surface area contributed by atoms with Crippen molar-refractivity contribution >= 4 is 11.8 Å². The van der Waals surface area contributed by atoms with E-state index in [1.807, 2.05) is 0 Å². The van der Waals surface area contributed by atoms with Crippen molar-refractivity contribution < 1.29 is 5.11 Å². The molecule has 16 heavy (non-hydrogen) atoms. The predicted octanol–water partition coefficient (Wildman–Crippen LogP) is 2.58. The molecule has 0 aliphatic carbocycles. The number of nitrogens with one attached hydrogen (secondary N) is 1. The quantitative estimate of drug-likeness (QED) is 0.566. The molecule has 0 aliphatic rings. The smallest absolute Gasteiger partial charge is 0.0525 e. The zero-order valence-corrected chi connectivity index (χ0v) is 10.9. The Labute approximate surface area is 102 Å². The van der Waals surface area contributed by atoms with Gasteiger partial charge in [-0.2, -0.15) is 0 Å². The van der Waals surface area contributed by atoms with Gasteiger partial charge in [-0.15, -0.1) is 11.8 Å². The Balaban J connectivity index is 2.53. The van der Waals surface area contributed by atoms with Crippen molar-refractivity contribution in [2.24, 2.45) is 0 Å². The van der Waals surface area contributed by atoms with E-state index in [4.69, 9.17) is 5.11 Å². The van der Waals surface area contributed by atoms with E-state index in [9.17, 15) is 0 Å². The Bertz CT molecular complexity index is 315. The van der Waals surface area contributed by atoms with Gasteiger partial charge in [0.1, 0.15) is 0 Å². The van der Waals surface area contributed by atoms with E-state index in [0.29, 0.717) is 0 Å². The molecule has 0 saturated heterocycles. The predicted molar refractivity (Wildman–Crippen MR) is 71.0 cm³/mol. The lowest BCUT2D eigenvalue weighted by Gasteiger charge is -2.09. The van der Waals surface area contributed by atoms with Gasteiger partial charge in [-0.1, -0.05) is 13.0 Å². The Kier molecular flexibility index (Phi) is 6.53. The van der Waals surface area contributed by atoms with Crippen LogP contribution in [0.3, 0.4) is 0 Å². The summed E-state index contributed by atoms with van der Waals surface area (Å²) in [6, 6.07) is 6.51. The van der Waals surface area contributed by atoms with E-state index in [1.165, 1.54) is 22.4 Å². The monoisotopic (exact) mass is 239 g/mol. The molecule has 1 aromatic rings. The molecule has 1 aromatic carbocycles. The molecule has 0 bridgehead atoms. The van der Waals surface area contributed by atoms with Crippen LogP contribution in [0.4, 0.5) is 0 Å². The second-order valence-electron chi connectivity index (χ2n) is 3.84. The van der Waals surface area contributed by atoms with E-state index in [0.717, 1.165) is 18.8 Å². The number of thioether (sulfide) groups is 1. The van der Waals surface area contributed by atoms with E-state index in [2.05, 4.69) is 37.4 Å². The lowest BCUT2D eigenvalue weighted by atomic mass is 10.1. The van der Waals surface area contributed by atoms with Crippen LogP contribution in [-0.4, -0.2) is 24.0 Å². The molecule has 2 N–H and O–H groups in total. The highest BCUT2D eigenvalue weighted by Crippen LogP contribution is 2.20. The molecular formula is C13H21NOS. The van der Waals surface area contributed by atoms with Crippen LogP contribution in [0.5, 0.6) is 0 Å². The van der Waals surface area contributed by atoms with Gasteiger partial charge in [0.2, 0.25) is 0 Å². The Morgan fingerprint density at radius 1 is 1.38 bits per heavy atom. The van der Waals surface area contributed by atoms with Gasteiger partial charge in [0.05, 0.1) is 6.61 Å². The summed E-state index contributed by atoms with van der Waals surface area (Å²) in [5.74, 6) is 0.771. The number of rotatable bonds is 7. The van der Waals surface area contributed by atoms with Gasteiger partial charge < -0.3 is 10.4 Å². The first kappa shape index (κ1) is 13.6. The average molecular weight is 239 g/mol. The lowest BCUT2D eigenvalue weighted by Crippen LogP contribution is -2.14. The fourth-order valence-corrected chi connectivity index (χ4v) is 2.27. The zero-order valence-electron chi connectivity index (χ0n) is 10.1. The van der Waals surface area contributed by atoms with E-state index in [1.54, 1.807) is 11.8 Å². The molecule has 0 aliphatic heterocycles. The van der Waals surface area contributed by atoms with Gasteiger partial charge in [0.15, 0.2) is 0 Å². The molecule has 0 spiro atoms. The Morgan fingerprint density at radius 3 is 2.81 bits per heavy atom. The molecule has 0 saturated carbocycles. The van der Waals surface area contributed by atoms with Crippen LogP contribution in [-0.2, 0) is 6.54 Å². The molecule has 90 valence electrons. The highest BCUT2D eigenvalue weighted by atomic mass is 32.2. The second kappa shape index (κ2) is 7.71. The topological polar surface area (TPSA) is 32.3 Å². The fourth-order valence-electron chi connectivity index (χ4n) is 1.52. The lowest BCUT2D eigenvalue weighted by molar-refractivity contribution is 0.322. The standard InChI is InChI=1S/C13H21NOS/c1-3-6-14-10-12-4-5-13(9-11(12)2)16-8-7-15/h4-5,9,14-15H,3,6-8,10H2,1-2H3. The molecule has 1 rings (SSSR count). The fraction of sp³-hybridized carbons (Fsp3) is 0.538. The molecule has 0 unspecified atom stereocenters. The van der Waals surface area contributed by atoms with Crippen molar-refractivity contribution in [1.29, 1.82) is 0 Å². The maximum absolute atomic E-state index is 8.76. The number of hydrogen-bond acceptors (Lipinski definition) is 3. The first-order chi connectivity index (χ1) is 7.77. The molecule has 0 fully saturated rings. The molecular weight excluding hydrogens is 218 g/mol. The third-order valence-electron chi connectivity index (χ3n) is 2.42. The maximum atomic E-state index is 8.76. The zero-order chi connectivity index (χ0) is 11.8. The van der Waals surface area contributed by atoms with Crippen LogP contribution in [0, 0.1) is 6.92 Å². The minimum absolute atomic E-state index is 0.240. The number of aryl methyl sites for hydroxylation is 1. The third kappa shape index (κ3) is 4.56. The summed E-state index contributed by atoms with van der Waals surface area (Å²) < 4.78 is 0. The summed E-state index contributed by atoms with van der Waals surface area (Å²) >= 11 is 1.70. The first-order valence-electron chi connectivity index (χ1n) is 5.81. The summed E-state index contributed by atoms with van der Waals surface area (Å²) in [5.41, 5.74) is 2.69.